The number of carbonyl (C=O) groups is 1. The Morgan fingerprint density at radius 2 is 2.06 bits per heavy atom. The number of likely N-dealkylation sites (tertiary alicyclic amines) is 1. The molecule has 0 atom stereocenters. The number of nitrogens with zero attached hydrogens (tertiary/aromatic N) is 4. The highest BCUT2D eigenvalue weighted by atomic mass is 16.5. The second-order valence-corrected chi connectivity index (χ2v) is 8.45. The van der Waals surface area contributed by atoms with Crippen molar-refractivity contribution in [2.75, 3.05) is 25.5 Å². The van der Waals surface area contributed by atoms with Gasteiger partial charge in [-0.15, -0.1) is 0 Å². The SMILES string of the molecule is C=C(NCc1ccccc1NC(=O)O)n1ncc(C(C)C)c1/N=C(\N)OC1CCN(C)CC1. The number of nitrogens with one attached hydrogen (secondary N) is 2. The summed E-state index contributed by atoms with van der Waals surface area (Å²) in [5, 5.41) is 19.1. The molecule has 0 bridgehead atoms. The molecule has 1 aromatic heterocycles. The Hall–Kier alpha value is -3.53. The Kier molecular flexibility index (Phi) is 7.94. The van der Waals surface area contributed by atoms with Crippen LogP contribution in [0.1, 0.15) is 43.7 Å². The summed E-state index contributed by atoms with van der Waals surface area (Å²) >= 11 is 0. The van der Waals surface area contributed by atoms with Gasteiger partial charge in [0.25, 0.3) is 6.02 Å². The number of rotatable bonds is 8. The Bertz CT molecular complexity index is 1010. The van der Waals surface area contributed by atoms with Crippen LogP contribution in [0.25, 0.3) is 5.82 Å². The molecule has 2 aromatic rings. The van der Waals surface area contributed by atoms with Gasteiger partial charge in [-0.05, 0) is 37.4 Å². The number of nitrogens with two attached hydrogens (primary N) is 1. The van der Waals surface area contributed by atoms with E-state index in [1.165, 1.54) is 0 Å². The molecule has 0 unspecified atom stereocenters. The highest BCUT2D eigenvalue weighted by Crippen LogP contribution is 2.28. The first-order valence-electron chi connectivity index (χ1n) is 11.0. The van der Waals surface area contributed by atoms with Crippen LogP contribution in [0.3, 0.4) is 0 Å². The van der Waals surface area contributed by atoms with Gasteiger partial charge in [-0.2, -0.15) is 14.8 Å². The van der Waals surface area contributed by atoms with E-state index in [1.807, 2.05) is 12.1 Å². The molecule has 178 valence electrons. The minimum absolute atomic E-state index is 0.0448. The second kappa shape index (κ2) is 10.9. The fourth-order valence-electron chi connectivity index (χ4n) is 3.66. The highest BCUT2D eigenvalue weighted by Gasteiger charge is 2.20. The van der Waals surface area contributed by atoms with Crippen molar-refractivity contribution in [3.8, 4) is 0 Å². The van der Waals surface area contributed by atoms with E-state index in [4.69, 9.17) is 15.6 Å². The average Bonchev–Trinajstić information content (AvgIpc) is 3.18. The molecular weight excluding hydrogens is 422 g/mol. The van der Waals surface area contributed by atoms with Crippen molar-refractivity contribution in [2.45, 2.75) is 45.3 Å². The number of aliphatic imine (C=N–C) groups is 1. The van der Waals surface area contributed by atoms with Crippen molar-refractivity contribution in [2.24, 2.45) is 10.7 Å². The molecule has 0 spiro atoms. The standard InChI is InChI=1S/C23H33N7O3/c1-15(2)19-14-26-30(21(19)28-22(24)33-18-9-11-29(4)12-10-18)16(3)25-13-17-7-5-6-8-20(17)27-23(31)32/h5-8,14-15,18,25,27H,3,9-13H2,1-2,4H3,(H2,24,28)(H,31,32). The number of piperidine rings is 1. The molecule has 3 rings (SSSR count). The number of aromatic nitrogens is 2. The molecule has 1 aromatic carbocycles. The number of hydrogen-bond acceptors (Lipinski definition) is 6. The fourth-order valence-corrected chi connectivity index (χ4v) is 3.66. The Morgan fingerprint density at radius 3 is 2.73 bits per heavy atom. The lowest BCUT2D eigenvalue weighted by Gasteiger charge is -2.28. The van der Waals surface area contributed by atoms with Gasteiger partial charge >= 0.3 is 6.09 Å². The number of amides is 1. The molecule has 1 saturated heterocycles. The van der Waals surface area contributed by atoms with Gasteiger partial charge in [-0.1, -0.05) is 38.6 Å². The average molecular weight is 456 g/mol. The van der Waals surface area contributed by atoms with Crippen molar-refractivity contribution in [3.63, 3.8) is 0 Å². The van der Waals surface area contributed by atoms with Gasteiger partial charge in [0.1, 0.15) is 11.9 Å². The molecule has 1 aliphatic rings. The van der Waals surface area contributed by atoms with Crippen molar-refractivity contribution < 1.29 is 14.6 Å². The molecule has 10 nitrogen and oxygen atoms in total. The minimum Gasteiger partial charge on any atom is -0.465 e. The lowest BCUT2D eigenvalue weighted by molar-refractivity contribution is 0.103. The monoisotopic (exact) mass is 455 g/mol. The summed E-state index contributed by atoms with van der Waals surface area (Å²) in [6, 6.07) is 7.26. The van der Waals surface area contributed by atoms with Crippen LogP contribution < -0.4 is 16.4 Å². The minimum atomic E-state index is -1.12. The van der Waals surface area contributed by atoms with Gasteiger partial charge in [0, 0.05) is 30.9 Å². The highest BCUT2D eigenvalue weighted by molar-refractivity contribution is 5.84. The van der Waals surface area contributed by atoms with Crippen molar-refractivity contribution in [3.05, 3.63) is 48.2 Å². The van der Waals surface area contributed by atoms with E-state index < -0.39 is 6.09 Å². The first kappa shape index (κ1) is 24.1. The smallest absolute Gasteiger partial charge is 0.409 e. The summed E-state index contributed by atoms with van der Waals surface area (Å²) in [6.07, 6.45) is 2.48. The van der Waals surface area contributed by atoms with Gasteiger partial charge in [0.05, 0.1) is 6.20 Å². The van der Waals surface area contributed by atoms with E-state index in [2.05, 4.69) is 53.1 Å². The van der Waals surface area contributed by atoms with Gasteiger partial charge in [-0.25, -0.2) is 4.79 Å². The Balaban J connectivity index is 1.75. The third kappa shape index (κ3) is 6.48. The van der Waals surface area contributed by atoms with Crippen molar-refractivity contribution in [1.82, 2.24) is 20.0 Å². The summed E-state index contributed by atoms with van der Waals surface area (Å²) in [7, 11) is 2.09. The van der Waals surface area contributed by atoms with E-state index in [-0.39, 0.29) is 18.0 Å². The van der Waals surface area contributed by atoms with Gasteiger partial charge in [0.2, 0.25) is 0 Å². The normalized spacial score (nSPS) is 15.5. The molecule has 33 heavy (non-hydrogen) atoms. The van der Waals surface area contributed by atoms with Crippen LogP contribution in [-0.4, -0.2) is 58.1 Å². The lowest BCUT2D eigenvalue weighted by Crippen LogP contribution is -2.36. The Morgan fingerprint density at radius 1 is 1.36 bits per heavy atom. The molecule has 1 aliphatic heterocycles. The van der Waals surface area contributed by atoms with E-state index >= 15 is 0 Å². The van der Waals surface area contributed by atoms with Gasteiger partial charge in [-0.3, -0.25) is 5.32 Å². The molecule has 0 radical (unpaired) electrons. The summed E-state index contributed by atoms with van der Waals surface area (Å²) in [5.74, 6) is 1.21. The second-order valence-electron chi connectivity index (χ2n) is 8.45. The van der Waals surface area contributed by atoms with Gasteiger partial charge < -0.3 is 25.8 Å². The molecule has 0 aliphatic carbocycles. The molecule has 10 heteroatoms. The lowest BCUT2D eigenvalue weighted by atomic mass is 10.1. The Labute approximate surface area is 194 Å². The summed E-state index contributed by atoms with van der Waals surface area (Å²) in [5.41, 5.74) is 8.35. The predicted octanol–water partition coefficient (Wildman–Crippen LogP) is 3.37. The maximum Gasteiger partial charge on any atom is 0.409 e. The van der Waals surface area contributed by atoms with Crippen LogP contribution in [0, 0.1) is 0 Å². The van der Waals surface area contributed by atoms with Crippen molar-refractivity contribution >= 4 is 29.4 Å². The van der Waals surface area contributed by atoms with Crippen LogP contribution in [0.15, 0.2) is 42.0 Å². The largest absolute Gasteiger partial charge is 0.465 e. The summed E-state index contributed by atoms with van der Waals surface area (Å²) in [6.45, 7) is 10.5. The number of carboxylic acid groups (broad SMARTS) is 1. The maximum absolute atomic E-state index is 11.0. The third-order valence-electron chi connectivity index (χ3n) is 5.56. The number of ether oxygens (including phenoxy) is 1. The molecule has 5 N–H and O–H groups in total. The predicted molar refractivity (Wildman–Crippen MR) is 129 cm³/mol. The topological polar surface area (TPSA) is 130 Å². The van der Waals surface area contributed by atoms with E-state index in [0.29, 0.717) is 23.9 Å². The molecule has 2 heterocycles. The van der Waals surface area contributed by atoms with Gasteiger partial charge in [0.15, 0.2) is 5.82 Å². The van der Waals surface area contributed by atoms with Crippen LogP contribution >= 0.6 is 0 Å². The molecule has 1 fully saturated rings. The van der Waals surface area contributed by atoms with Crippen LogP contribution in [0.2, 0.25) is 0 Å². The maximum atomic E-state index is 11.0. The molecule has 1 amide bonds. The first-order chi connectivity index (χ1) is 15.7. The zero-order valence-electron chi connectivity index (χ0n) is 19.4. The van der Waals surface area contributed by atoms with E-state index in [9.17, 15) is 4.79 Å². The first-order valence-corrected chi connectivity index (χ1v) is 11.0. The molecule has 0 saturated carbocycles. The number of amidine groups is 1. The van der Waals surface area contributed by atoms with E-state index in [1.54, 1.807) is 23.0 Å². The van der Waals surface area contributed by atoms with Crippen molar-refractivity contribution in [1.29, 1.82) is 0 Å². The number of para-hydroxylation sites is 1. The van der Waals surface area contributed by atoms with Crippen LogP contribution in [-0.2, 0) is 11.3 Å². The number of hydrogen-bond donors (Lipinski definition) is 4. The number of benzene rings is 1. The fraction of sp³-hybridized carbons (Fsp3) is 0.435. The molecular formula is C23H33N7O3. The summed E-state index contributed by atoms with van der Waals surface area (Å²) < 4.78 is 7.50. The zero-order valence-corrected chi connectivity index (χ0v) is 19.4. The van der Waals surface area contributed by atoms with Crippen LogP contribution in [0.4, 0.5) is 16.3 Å². The van der Waals surface area contributed by atoms with Crippen LogP contribution in [0.5, 0.6) is 0 Å². The zero-order chi connectivity index (χ0) is 24.0. The summed E-state index contributed by atoms with van der Waals surface area (Å²) in [4.78, 5) is 17.9. The number of anilines is 1. The third-order valence-corrected chi connectivity index (χ3v) is 5.56. The quantitative estimate of drug-likeness (QED) is 0.355. The van der Waals surface area contributed by atoms with E-state index in [0.717, 1.165) is 37.1 Å².